The van der Waals surface area contributed by atoms with Crippen molar-refractivity contribution in [3.8, 4) is 5.69 Å². The second-order valence-corrected chi connectivity index (χ2v) is 6.45. The summed E-state index contributed by atoms with van der Waals surface area (Å²) in [4.78, 5) is 45.5. The number of ether oxygens (including phenoxy) is 1. The molecular weight excluding hydrogens is 386 g/mol. The molecule has 0 fully saturated rings. The quantitative estimate of drug-likeness (QED) is 0.494. The SMILES string of the molecule is CC(OC(=O)c1cccc2nccnc12)C(=O)Nc1cc(=O)n(-c2ccccc2)[nH]1. The van der Waals surface area contributed by atoms with Crippen molar-refractivity contribution >= 4 is 28.7 Å². The minimum absolute atomic E-state index is 0.188. The number of esters is 1. The van der Waals surface area contributed by atoms with Gasteiger partial charge in [-0.3, -0.25) is 24.7 Å². The van der Waals surface area contributed by atoms with E-state index in [-0.39, 0.29) is 16.9 Å². The molecule has 9 nitrogen and oxygen atoms in total. The number of benzene rings is 2. The number of hydrogen-bond acceptors (Lipinski definition) is 6. The summed E-state index contributed by atoms with van der Waals surface area (Å²) >= 11 is 0. The smallest absolute Gasteiger partial charge is 0.341 e. The number of hydrogen-bond donors (Lipinski definition) is 2. The van der Waals surface area contributed by atoms with Gasteiger partial charge in [-0.2, -0.15) is 0 Å². The Morgan fingerprint density at radius 2 is 1.83 bits per heavy atom. The van der Waals surface area contributed by atoms with Gasteiger partial charge in [0.15, 0.2) is 6.10 Å². The molecule has 0 aliphatic heterocycles. The van der Waals surface area contributed by atoms with Crippen molar-refractivity contribution in [2.75, 3.05) is 5.32 Å². The van der Waals surface area contributed by atoms with Gasteiger partial charge in [0.25, 0.3) is 11.5 Å². The van der Waals surface area contributed by atoms with E-state index in [1.54, 1.807) is 42.5 Å². The molecule has 30 heavy (non-hydrogen) atoms. The molecule has 2 aromatic heterocycles. The standard InChI is InChI=1S/C21H17N5O4/c1-13(30-21(29)15-8-5-9-16-19(15)23-11-10-22-16)20(28)24-17-12-18(27)26(25-17)14-6-3-2-4-7-14/h2-13,25H,1H3,(H,24,28). The molecule has 4 aromatic rings. The van der Waals surface area contributed by atoms with Crippen molar-refractivity contribution in [3.63, 3.8) is 0 Å². The van der Waals surface area contributed by atoms with E-state index < -0.39 is 18.0 Å². The summed E-state index contributed by atoms with van der Waals surface area (Å²) in [5.41, 5.74) is 1.43. The van der Waals surface area contributed by atoms with E-state index in [0.29, 0.717) is 16.7 Å². The predicted octanol–water partition coefficient (Wildman–Crippen LogP) is 2.29. The van der Waals surface area contributed by atoms with Crippen LogP contribution in [0.4, 0.5) is 5.82 Å². The van der Waals surface area contributed by atoms with Crippen LogP contribution in [0.15, 0.2) is 71.8 Å². The number of H-pyrrole nitrogens is 1. The highest BCUT2D eigenvalue weighted by molar-refractivity contribution is 6.03. The third-order valence-corrected chi connectivity index (χ3v) is 4.36. The molecule has 4 rings (SSSR count). The molecule has 0 spiro atoms. The van der Waals surface area contributed by atoms with Crippen molar-refractivity contribution < 1.29 is 14.3 Å². The molecule has 0 aliphatic rings. The summed E-state index contributed by atoms with van der Waals surface area (Å²) in [7, 11) is 0. The Bertz CT molecular complexity index is 1270. The molecule has 2 aromatic carbocycles. The minimum Gasteiger partial charge on any atom is -0.449 e. The van der Waals surface area contributed by atoms with Crippen LogP contribution in [0.3, 0.4) is 0 Å². The third kappa shape index (κ3) is 3.81. The van der Waals surface area contributed by atoms with E-state index in [1.165, 1.54) is 30.1 Å². The molecule has 2 N–H and O–H groups in total. The van der Waals surface area contributed by atoms with Crippen molar-refractivity contribution in [2.24, 2.45) is 0 Å². The molecule has 2 heterocycles. The molecule has 9 heteroatoms. The average molecular weight is 403 g/mol. The van der Waals surface area contributed by atoms with E-state index in [4.69, 9.17) is 4.74 Å². The normalized spacial score (nSPS) is 11.8. The van der Waals surface area contributed by atoms with Crippen molar-refractivity contribution in [2.45, 2.75) is 13.0 Å². The topological polar surface area (TPSA) is 119 Å². The van der Waals surface area contributed by atoms with E-state index in [9.17, 15) is 14.4 Å². The Labute approximate surface area is 170 Å². The summed E-state index contributed by atoms with van der Waals surface area (Å²) in [5, 5.41) is 5.35. The molecule has 1 atom stereocenters. The molecule has 0 saturated carbocycles. The Kier molecular flexibility index (Phi) is 5.08. The lowest BCUT2D eigenvalue weighted by atomic mass is 10.2. The van der Waals surface area contributed by atoms with E-state index in [1.807, 2.05) is 6.07 Å². The lowest BCUT2D eigenvalue weighted by Crippen LogP contribution is -2.30. The minimum atomic E-state index is -1.10. The van der Waals surface area contributed by atoms with Gasteiger partial charge >= 0.3 is 5.97 Å². The van der Waals surface area contributed by atoms with Gasteiger partial charge in [-0.05, 0) is 31.2 Å². The monoisotopic (exact) mass is 403 g/mol. The highest BCUT2D eigenvalue weighted by Gasteiger charge is 2.22. The lowest BCUT2D eigenvalue weighted by molar-refractivity contribution is -0.123. The van der Waals surface area contributed by atoms with Gasteiger partial charge in [0.2, 0.25) is 0 Å². The number of carbonyl (C=O) groups excluding carboxylic acids is 2. The first-order chi connectivity index (χ1) is 14.5. The molecular formula is C21H17N5O4. The number of amides is 1. The number of aromatic amines is 1. The van der Waals surface area contributed by atoms with Crippen LogP contribution in [-0.2, 0) is 9.53 Å². The average Bonchev–Trinajstić information content (AvgIpc) is 3.13. The maximum atomic E-state index is 12.5. The van der Waals surface area contributed by atoms with Gasteiger partial charge in [-0.1, -0.05) is 24.3 Å². The van der Waals surface area contributed by atoms with E-state index in [2.05, 4.69) is 20.4 Å². The summed E-state index contributed by atoms with van der Waals surface area (Å²) in [5.74, 6) is -1.09. The molecule has 1 unspecified atom stereocenters. The zero-order chi connectivity index (χ0) is 21.1. The zero-order valence-electron chi connectivity index (χ0n) is 15.9. The van der Waals surface area contributed by atoms with Crippen LogP contribution in [0.2, 0.25) is 0 Å². The number of nitrogens with one attached hydrogen (secondary N) is 2. The van der Waals surface area contributed by atoms with Gasteiger partial charge in [0, 0.05) is 18.5 Å². The lowest BCUT2D eigenvalue weighted by Gasteiger charge is -2.13. The van der Waals surface area contributed by atoms with Crippen LogP contribution in [0.25, 0.3) is 16.7 Å². The Morgan fingerprint density at radius 3 is 2.63 bits per heavy atom. The Balaban J connectivity index is 1.47. The summed E-state index contributed by atoms with van der Waals surface area (Å²) < 4.78 is 6.58. The molecule has 0 aliphatic carbocycles. The number of rotatable bonds is 5. The fourth-order valence-corrected chi connectivity index (χ4v) is 2.90. The first kappa shape index (κ1) is 19.1. The first-order valence-electron chi connectivity index (χ1n) is 9.12. The van der Waals surface area contributed by atoms with Gasteiger partial charge in [-0.25, -0.2) is 9.48 Å². The molecule has 150 valence electrons. The molecule has 0 bridgehead atoms. The van der Waals surface area contributed by atoms with Crippen molar-refractivity contribution in [1.29, 1.82) is 0 Å². The Morgan fingerprint density at radius 1 is 1.07 bits per heavy atom. The maximum Gasteiger partial charge on any atom is 0.341 e. The van der Waals surface area contributed by atoms with Crippen LogP contribution in [0.5, 0.6) is 0 Å². The number of aromatic nitrogens is 4. The van der Waals surface area contributed by atoms with Crippen LogP contribution in [-0.4, -0.2) is 37.7 Å². The highest BCUT2D eigenvalue weighted by Crippen LogP contribution is 2.16. The number of carbonyl (C=O) groups is 2. The number of anilines is 1. The molecule has 1 amide bonds. The van der Waals surface area contributed by atoms with Gasteiger partial charge in [0.1, 0.15) is 11.3 Å². The van der Waals surface area contributed by atoms with Crippen molar-refractivity contribution in [3.05, 3.63) is 82.9 Å². The van der Waals surface area contributed by atoms with Gasteiger partial charge < -0.3 is 10.1 Å². The van der Waals surface area contributed by atoms with Gasteiger partial charge in [-0.15, -0.1) is 0 Å². The summed E-state index contributed by atoms with van der Waals surface area (Å²) in [6.45, 7) is 1.44. The second kappa shape index (κ2) is 8.00. The number of fused-ring (bicyclic) bond motifs is 1. The maximum absolute atomic E-state index is 12.5. The first-order valence-corrected chi connectivity index (χ1v) is 9.12. The van der Waals surface area contributed by atoms with E-state index in [0.717, 1.165) is 0 Å². The number of nitrogens with zero attached hydrogens (tertiary/aromatic N) is 3. The third-order valence-electron chi connectivity index (χ3n) is 4.36. The fourth-order valence-electron chi connectivity index (χ4n) is 2.90. The van der Waals surface area contributed by atoms with Crippen LogP contribution in [0.1, 0.15) is 17.3 Å². The zero-order valence-corrected chi connectivity index (χ0v) is 15.9. The fraction of sp³-hybridized carbons (Fsp3) is 0.0952. The van der Waals surface area contributed by atoms with Crippen LogP contribution < -0.4 is 10.9 Å². The second-order valence-electron chi connectivity index (χ2n) is 6.45. The largest absolute Gasteiger partial charge is 0.449 e. The van der Waals surface area contributed by atoms with Crippen LogP contribution in [0, 0.1) is 0 Å². The predicted molar refractivity (Wildman–Crippen MR) is 109 cm³/mol. The number of para-hydroxylation sites is 2. The summed E-state index contributed by atoms with van der Waals surface area (Å²) in [6.07, 6.45) is 1.90. The Hall–Kier alpha value is -4.27. The van der Waals surface area contributed by atoms with Crippen molar-refractivity contribution in [1.82, 2.24) is 19.7 Å². The van der Waals surface area contributed by atoms with Crippen LogP contribution >= 0.6 is 0 Å². The highest BCUT2D eigenvalue weighted by atomic mass is 16.5. The molecule has 0 radical (unpaired) electrons. The van der Waals surface area contributed by atoms with Gasteiger partial charge in [0.05, 0.1) is 16.8 Å². The van der Waals surface area contributed by atoms with E-state index >= 15 is 0 Å². The summed E-state index contributed by atoms with van der Waals surface area (Å²) in [6, 6.07) is 15.1. The molecule has 0 saturated heterocycles.